The van der Waals surface area contributed by atoms with E-state index in [0.29, 0.717) is 13.2 Å². The van der Waals surface area contributed by atoms with Gasteiger partial charge in [-0.25, -0.2) is 0 Å². The number of likely N-dealkylation sites (N-methyl/N-ethyl adjacent to an activating group) is 1. The van der Waals surface area contributed by atoms with Crippen LogP contribution in [-0.2, 0) is 14.3 Å². The first-order valence-corrected chi connectivity index (χ1v) is 7.37. The Labute approximate surface area is 120 Å². The molecule has 1 atom stereocenters. The zero-order valence-corrected chi connectivity index (χ0v) is 12.4. The van der Waals surface area contributed by atoms with E-state index >= 15 is 0 Å². The molecule has 20 heavy (non-hydrogen) atoms. The summed E-state index contributed by atoms with van der Waals surface area (Å²) in [7, 11) is 3.26. The Kier molecular flexibility index (Phi) is 4.99. The van der Waals surface area contributed by atoms with Crippen molar-refractivity contribution >= 4 is 11.8 Å². The van der Waals surface area contributed by atoms with Crippen LogP contribution in [0.1, 0.15) is 25.7 Å². The van der Waals surface area contributed by atoms with Gasteiger partial charge in [0.2, 0.25) is 11.8 Å². The second-order valence-corrected chi connectivity index (χ2v) is 5.73. The van der Waals surface area contributed by atoms with Gasteiger partial charge >= 0.3 is 0 Å². The molecule has 0 bridgehead atoms. The minimum atomic E-state index is -0.462. The predicted molar refractivity (Wildman–Crippen MR) is 75.2 cm³/mol. The van der Waals surface area contributed by atoms with E-state index in [1.165, 1.54) is 0 Å². The van der Waals surface area contributed by atoms with Crippen LogP contribution in [0.5, 0.6) is 0 Å². The normalized spacial score (nSPS) is 25.5. The molecule has 2 aliphatic heterocycles. The van der Waals surface area contributed by atoms with Crippen LogP contribution in [0, 0.1) is 5.41 Å². The molecule has 1 unspecified atom stereocenters. The third-order valence-corrected chi connectivity index (χ3v) is 4.50. The maximum Gasteiger partial charge on any atom is 0.242 e. The van der Waals surface area contributed by atoms with Crippen LogP contribution in [-0.4, -0.2) is 63.2 Å². The summed E-state index contributed by atoms with van der Waals surface area (Å²) in [6, 6.07) is -0.309. The van der Waals surface area contributed by atoms with Crippen LogP contribution in [0.3, 0.4) is 0 Å². The minimum absolute atomic E-state index is 0.0580. The van der Waals surface area contributed by atoms with E-state index in [1.54, 1.807) is 19.1 Å². The fourth-order valence-electron chi connectivity index (χ4n) is 3.36. The van der Waals surface area contributed by atoms with E-state index in [2.05, 4.69) is 10.6 Å². The maximum atomic E-state index is 13.0. The minimum Gasteiger partial charge on any atom is -0.384 e. The van der Waals surface area contributed by atoms with Crippen molar-refractivity contribution in [1.82, 2.24) is 15.5 Å². The van der Waals surface area contributed by atoms with E-state index in [4.69, 9.17) is 4.74 Å². The number of ether oxygens (including phenoxy) is 1. The molecular formula is C14H25N3O3. The van der Waals surface area contributed by atoms with Crippen LogP contribution in [0.15, 0.2) is 0 Å². The second-order valence-electron chi connectivity index (χ2n) is 5.73. The molecular weight excluding hydrogens is 258 g/mol. The molecule has 0 aromatic carbocycles. The Morgan fingerprint density at radius 3 is 2.70 bits per heavy atom. The average molecular weight is 283 g/mol. The smallest absolute Gasteiger partial charge is 0.242 e. The van der Waals surface area contributed by atoms with Gasteiger partial charge in [0, 0.05) is 20.7 Å². The summed E-state index contributed by atoms with van der Waals surface area (Å²) in [4.78, 5) is 26.7. The van der Waals surface area contributed by atoms with Gasteiger partial charge in [0.25, 0.3) is 0 Å². The van der Waals surface area contributed by atoms with Crippen molar-refractivity contribution in [2.24, 2.45) is 5.41 Å². The lowest BCUT2D eigenvalue weighted by Crippen LogP contribution is -2.55. The summed E-state index contributed by atoms with van der Waals surface area (Å²) >= 11 is 0. The van der Waals surface area contributed by atoms with Crippen molar-refractivity contribution in [2.75, 3.05) is 40.4 Å². The Hall–Kier alpha value is -1.14. The quantitative estimate of drug-likeness (QED) is 0.746. The molecule has 2 fully saturated rings. The first kappa shape index (κ1) is 15.3. The zero-order valence-electron chi connectivity index (χ0n) is 12.4. The number of carbonyl (C=O) groups is 2. The number of rotatable bonds is 4. The third kappa shape index (κ3) is 2.81. The summed E-state index contributed by atoms with van der Waals surface area (Å²) in [5.41, 5.74) is -0.462. The number of amides is 2. The fourth-order valence-corrected chi connectivity index (χ4v) is 3.36. The highest BCUT2D eigenvalue weighted by molar-refractivity contribution is 5.90. The first-order valence-electron chi connectivity index (χ1n) is 7.37. The molecule has 0 aromatic heterocycles. The summed E-state index contributed by atoms with van der Waals surface area (Å²) < 4.78 is 5.31. The zero-order chi connectivity index (χ0) is 14.6. The Morgan fingerprint density at radius 2 is 2.10 bits per heavy atom. The van der Waals surface area contributed by atoms with E-state index < -0.39 is 5.41 Å². The van der Waals surface area contributed by atoms with Crippen molar-refractivity contribution < 1.29 is 14.3 Å². The topological polar surface area (TPSA) is 70.7 Å². The number of methoxy groups -OCH3 is 1. The molecule has 0 saturated carbocycles. The molecule has 2 heterocycles. The SMILES string of the molecule is CNC(=O)C1CCCN1C(=O)C1(COC)CCNCC1. The maximum absolute atomic E-state index is 13.0. The molecule has 0 aromatic rings. The third-order valence-electron chi connectivity index (χ3n) is 4.50. The van der Waals surface area contributed by atoms with E-state index in [9.17, 15) is 9.59 Å². The molecule has 2 rings (SSSR count). The number of hydrogen-bond donors (Lipinski definition) is 2. The van der Waals surface area contributed by atoms with Gasteiger partial charge in [-0.3, -0.25) is 9.59 Å². The van der Waals surface area contributed by atoms with Crippen molar-refractivity contribution in [3.05, 3.63) is 0 Å². The molecule has 2 N–H and O–H groups in total. The Bertz CT molecular complexity index is 361. The highest BCUT2D eigenvalue weighted by Gasteiger charge is 2.46. The van der Waals surface area contributed by atoms with E-state index in [0.717, 1.165) is 38.8 Å². The number of carbonyl (C=O) groups excluding carboxylic acids is 2. The lowest BCUT2D eigenvalue weighted by Gasteiger charge is -2.39. The number of nitrogens with one attached hydrogen (secondary N) is 2. The van der Waals surface area contributed by atoms with Gasteiger partial charge in [-0.15, -0.1) is 0 Å². The lowest BCUT2D eigenvalue weighted by molar-refractivity contribution is -0.151. The first-order chi connectivity index (χ1) is 9.64. The average Bonchev–Trinajstić information content (AvgIpc) is 2.96. The number of piperidine rings is 1. The fraction of sp³-hybridized carbons (Fsp3) is 0.857. The number of nitrogens with zero attached hydrogens (tertiary/aromatic N) is 1. The highest BCUT2D eigenvalue weighted by atomic mass is 16.5. The van der Waals surface area contributed by atoms with Crippen molar-refractivity contribution in [3.63, 3.8) is 0 Å². The summed E-state index contributed by atoms with van der Waals surface area (Å²) in [5.74, 6) is 0.0318. The number of hydrogen-bond acceptors (Lipinski definition) is 4. The van der Waals surface area contributed by atoms with Gasteiger partial charge < -0.3 is 20.3 Å². The van der Waals surface area contributed by atoms with Gasteiger partial charge in [0.1, 0.15) is 6.04 Å². The molecule has 114 valence electrons. The van der Waals surface area contributed by atoms with Gasteiger partial charge in [-0.05, 0) is 38.8 Å². The molecule has 0 aliphatic carbocycles. The Morgan fingerprint density at radius 1 is 1.40 bits per heavy atom. The molecule has 2 saturated heterocycles. The summed E-state index contributed by atoms with van der Waals surface area (Å²) in [5, 5.41) is 5.95. The molecule has 2 amide bonds. The highest BCUT2D eigenvalue weighted by Crippen LogP contribution is 2.34. The van der Waals surface area contributed by atoms with E-state index in [-0.39, 0.29) is 17.9 Å². The van der Waals surface area contributed by atoms with Crippen LogP contribution < -0.4 is 10.6 Å². The van der Waals surface area contributed by atoms with Crippen LogP contribution in [0.2, 0.25) is 0 Å². The molecule has 6 nitrogen and oxygen atoms in total. The van der Waals surface area contributed by atoms with Gasteiger partial charge in [-0.2, -0.15) is 0 Å². The lowest BCUT2D eigenvalue weighted by atomic mass is 9.78. The molecule has 0 spiro atoms. The van der Waals surface area contributed by atoms with E-state index in [1.807, 2.05) is 0 Å². The number of likely N-dealkylation sites (tertiary alicyclic amines) is 1. The van der Waals surface area contributed by atoms with Crippen LogP contribution in [0.25, 0.3) is 0 Å². The molecule has 6 heteroatoms. The van der Waals surface area contributed by atoms with Gasteiger partial charge in [-0.1, -0.05) is 0 Å². The van der Waals surface area contributed by atoms with Crippen molar-refractivity contribution in [2.45, 2.75) is 31.7 Å². The monoisotopic (exact) mass is 283 g/mol. The van der Waals surface area contributed by atoms with Crippen molar-refractivity contribution in [1.29, 1.82) is 0 Å². The molecule has 2 aliphatic rings. The van der Waals surface area contributed by atoms with Crippen LogP contribution >= 0.6 is 0 Å². The van der Waals surface area contributed by atoms with Gasteiger partial charge in [0.05, 0.1) is 12.0 Å². The Balaban J connectivity index is 2.16. The predicted octanol–water partition coefficient (Wildman–Crippen LogP) is -0.260. The standard InChI is InChI=1S/C14H25N3O3/c1-15-12(18)11-4-3-9-17(11)13(19)14(10-20-2)5-7-16-8-6-14/h11,16H,3-10H2,1-2H3,(H,15,18). The summed E-state index contributed by atoms with van der Waals surface area (Å²) in [6.45, 7) is 2.77. The summed E-state index contributed by atoms with van der Waals surface area (Å²) in [6.07, 6.45) is 3.20. The van der Waals surface area contributed by atoms with Crippen molar-refractivity contribution in [3.8, 4) is 0 Å². The van der Waals surface area contributed by atoms with Gasteiger partial charge in [0.15, 0.2) is 0 Å². The molecule has 0 radical (unpaired) electrons. The largest absolute Gasteiger partial charge is 0.384 e. The van der Waals surface area contributed by atoms with Crippen LogP contribution in [0.4, 0.5) is 0 Å². The second kappa shape index (κ2) is 6.54.